The Balaban J connectivity index is 1.84. The van der Waals surface area contributed by atoms with E-state index in [1.54, 1.807) is 4.68 Å². The maximum atomic E-state index is 6.62. The SMILES string of the molecule is C=C1\N=C(n2nc(C)cc2C)/N=C(N)/C=C2\N(c3ccc(Cl)cc3C2(C)C)C(CCC)c2cc(C)nn21. The van der Waals surface area contributed by atoms with Gasteiger partial charge in [-0.1, -0.05) is 45.4 Å². The Kier molecular flexibility index (Phi) is 6.10. The first kappa shape index (κ1) is 25.0. The van der Waals surface area contributed by atoms with Gasteiger partial charge >= 0.3 is 0 Å². The minimum Gasteiger partial charge on any atom is -0.384 e. The number of hydrogen-bond acceptors (Lipinski definition) is 6. The van der Waals surface area contributed by atoms with Crippen LogP contribution in [0.4, 0.5) is 5.69 Å². The normalized spacial score (nSPS) is 23.1. The zero-order chi connectivity index (χ0) is 26.6. The van der Waals surface area contributed by atoms with E-state index in [-0.39, 0.29) is 11.5 Å². The molecule has 2 aliphatic heterocycles. The largest absolute Gasteiger partial charge is 0.384 e. The molecule has 0 bridgehead atoms. The van der Waals surface area contributed by atoms with Gasteiger partial charge in [-0.2, -0.15) is 20.2 Å². The number of aromatic nitrogens is 4. The number of nitrogens with zero attached hydrogens (tertiary/aromatic N) is 7. The highest BCUT2D eigenvalue weighted by atomic mass is 35.5. The molecule has 0 spiro atoms. The zero-order valence-corrected chi connectivity index (χ0v) is 23.0. The number of nitrogens with two attached hydrogens (primary N) is 1. The van der Waals surface area contributed by atoms with Crippen molar-refractivity contribution in [3.05, 3.63) is 82.0 Å². The summed E-state index contributed by atoms with van der Waals surface area (Å²) in [6, 6.07) is 10.1. The Bertz CT molecular complexity index is 1500. The van der Waals surface area contributed by atoms with Crippen molar-refractivity contribution in [1.82, 2.24) is 19.6 Å². The molecule has 1 atom stereocenters. The lowest BCUT2D eigenvalue weighted by Gasteiger charge is -2.34. The number of rotatable bonds is 2. The highest BCUT2D eigenvalue weighted by Gasteiger charge is 2.44. The van der Waals surface area contributed by atoms with Crippen molar-refractivity contribution in [3.8, 4) is 0 Å². The third kappa shape index (κ3) is 4.19. The van der Waals surface area contributed by atoms with E-state index in [1.165, 1.54) is 0 Å². The molecular formula is C28H33ClN8. The van der Waals surface area contributed by atoms with Gasteiger partial charge in [0.05, 0.1) is 23.1 Å². The molecule has 0 amide bonds. The summed E-state index contributed by atoms with van der Waals surface area (Å²) in [6.07, 6.45) is 3.82. The summed E-state index contributed by atoms with van der Waals surface area (Å²) in [4.78, 5) is 11.9. The van der Waals surface area contributed by atoms with Crippen LogP contribution in [0.2, 0.25) is 5.02 Å². The first-order valence-electron chi connectivity index (χ1n) is 12.5. The van der Waals surface area contributed by atoms with Gasteiger partial charge in [0, 0.05) is 33.6 Å². The van der Waals surface area contributed by atoms with Gasteiger partial charge in [-0.05, 0) is 63.1 Å². The summed E-state index contributed by atoms with van der Waals surface area (Å²) in [5.74, 6) is 1.11. The van der Waals surface area contributed by atoms with E-state index in [4.69, 9.17) is 32.4 Å². The van der Waals surface area contributed by atoms with Crippen molar-refractivity contribution in [1.29, 1.82) is 0 Å². The topological polar surface area (TPSA) is 89.6 Å². The third-order valence-electron chi connectivity index (χ3n) is 7.05. The van der Waals surface area contributed by atoms with Gasteiger partial charge in [0.2, 0.25) is 0 Å². The van der Waals surface area contributed by atoms with E-state index in [2.05, 4.69) is 55.5 Å². The quantitative estimate of drug-likeness (QED) is 0.460. The van der Waals surface area contributed by atoms with Crippen LogP contribution >= 0.6 is 11.6 Å². The molecule has 2 aromatic heterocycles. The minimum atomic E-state index is -0.368. The summed E-state index contributed by atoms with van der Waals surface area (Å²) in [6.45, 7) is 16.8. The molecule has 192 valence electrons. The molecule has 2 N–H and O–H groups in total. The van der Waals surface area contributed by atoms with Crippen molar-refractivity contribution >= 4 is 34.9 Å². The van der Waals surface area contributed by atoms with E-state index in [1.807, 2.05) is 43.7 Å². The molecule has 0 saturated carbocycles. The predicted molar refractivity (Wildman–Crippen MR) is 151 cm³/mol. The molecule has 1 unspecified atom stereocenters. The number of aryl methyl sites for hydroxylation is 3. The van der Waals surface area contributed by atoms with Crippen molar-refractivity contribution in [3.63, 3.8) is 0 Å². The Morgan fingerprint density at radius 3 is 2.41 bits per heavy atom. The number of halogens is 1. The number of benzene rings is 1. The molecule has 37 heavy (non-hydrogen) atoms. The van der Waals surface area contributed by atoms with Gasteiger partial charge in [0.15, 0.2) is 5.82 Å². The van der Waals surface area contributed by atoms with Crippen LogP contribution in [0.25, 0.3) is 5.82 Å². The van der Waals surface area contributed by atoms with Gasteiger partial charge in [0.25, 0.3) is 5.96 Å². The van der Waals surface area contributed by atoms with Crippen LogP contribution in [0.15, 0.2) is 58.7 Å². The van der Waals surface area contributed by atoms with Crippen LogP contribution in [0, 0.1) is 20.8 Å². The van der Waals surface area contributed by atoms with Gasteiger partial charge in [-0.25, -0.2) is 9.36 Å². The molecule has 0 saturated heterocycles. The fraction of sp³-hybridized carbons (Fsp3) is 0.357. The maximum Gasteiger partial charge on any atom is 0.254 e. The molecule has 0 fully saturated rings. The highest BCUT2D eigenvalue weighted by molar-refractivity contribution is 6.30. The highest BCUT2D eigenvalue weighted by Crippen LogP contribution is 2.52. The fourth-order valence-corrected chi connectivity index (χ4v) is 5.59. The summed E-state index contributed by atoms with van der Waals surface area (Å²) >= 11 is 6.48. The van der Waals surface area contributed by atoms with Gasteiger partial charge in [-0.15, -0.1) is 0 Å². The lowest BCUT2D eigenvalue weighted by molar-refractivity contribution is 0.543. The number of aliphatic imine (C=N–C) groups is 2. The molecule has 0 radical (unpaired) electrons. The van der Waals surface area contributed by atoms with Gasteiger partial charge < -0.3 is 10.6 Å². The first-order chi connectivity index (χ1) is 17.5. The van der Waals surface area contributed by atoms with Crippen LogP contribution in [-0.2, 0) is 5.41 Å². The fourth-order valence-electron chi connectivity index (χ4n) is 5.42. The number of allylic oxidation sites excluding steroid dienone is 1. The standard InChI is InChI=1S/C28H33ClN8/c1-8-9-23-24-13-17(3)34-37(24)19(5)31-27(36-18(4)12-16(2)33-36)32-26(30)15-25-28(6,7)21-14-20(29)10-11-22(21)35(23)25/h10-15,23H,5,8-9H2,1-4,6-7H3,(H2,30,31,32)/b25-15-. The molecule has 2 aliphatic rings. The lowest BCUT2D eigenvalue weighted by Crippen LogP contribution is -2.32. The Hall–Kier alpha value is -3.65. The van der Waals surface area contributed by atoms with E-state index >= 15 is 0 Å². The molecule has 4 heterocycles. The van der Waals surface area contributed by atoms with Crippen molar-refractivity contribution in [2.45, 2.75) is 65.8 Å². The summed E-state index contributed by atoms with van der Waals surface area (Å²) in [7, 11) is 0. The second kappa shape index (κ2) is 9.03. The molecular weight excluding hydrogens is 484 g/mol. The maximum absolute atomic E-state index is 6.62. The summed E-state index contributed by atoms with van der Waals surface area (Å²) in [5.41, 5.74) is 13.2. The van der Waals surface area contributed by atoms with Crippen LogP contribution in [0.1, 0.15) is 68.0 Å². The minimum absolute atomic E-state index is 0.0332. The molecule has 0 aliphatic carbocycles. The van der Waals surface area contributed by atoms with Crippen molar-refractivity contribution in [2.75, 3.05) is 4.90 Å². The summed E-state index contributed by atoms with van der Waals surface area (Å²) < 4.78 is 3.52. The van der Waals surface area contributed by atoms with Crippen LogP contribution in [0.3, 0.4) is 0 Å². The molecule has 5 rings (SSSR count). The second-order valence-electron chi connectivity index (χ2n) is 10.3. The predicted octanol–water partition coefficient (Wildman–Crippen LogP) is 5.88. The lowest BCUT2D eigenvalue weighted by atomic mass is 9.83. The van der Waals surface area contributed by atoms with Gasteiger partial charge in [0.1, 0.15) is 5.84 Å². The van der Waals surface area contributed by atoms with Crippen molar-refractivity contribution < 1.29 is 0 Å². The van der Waals surface area contributed by atoms with Crippen LogP contribution in [0.5, 0.6) is 0 Å². The average molecular weight is 517 g/mol. The number of hydrogen-bond donors (Lipinski definition) is 1. The summed E-state index contributed by atoms with van der Waals surface area (Å²) in [5, 5.41) is 10.1. The number of fused-ring (bicyclic) bond motifs is 4. The Morgan fingerprint density at radius 1 is 1.03 bits per heavy atom. The van der Waals surface area contributed by atoms with Crippen LogP contribution in [-0.4, -0.2) is 31.4 Å². The number of amidine groups is 1. The molecule has 3 aromatic rings. The van der Waals surface area contributed by atoms with Crippen LogP contribution < -0.4 is 10.6 Å². The first-order valence-corrected chi connectivity index (χ1v) is 12.9. The molecule has 9 heteroatoms. The third-order valence-corrected chi connectivity index (χ3v) is 7.29. The average Bonchev–Trinajstić information content (AvgIpc) is 3.43. The molecule has 1 aromatic carbocycles. The monoisotopic (exact) mass is 516 g/mol. The van der Waals surface area contributed by atoms with E-state index in [9.17, 15) is 0 Å². The second-order valence-corrected chi connectivity index (χ2v) is 10.8. The van der Waals surface area contributed by atoms with E-state index in [0.29, 0.717) is 22.6 Å². The zero-order valence-electron chi connectivity index (χ0n) is 22.2. The van der Waals surface area contributed by atoms with Gasteiger partial charge in [-0.3, -0.25) is 0 Å². The number of anilines is 1. The van der Waals surface area contributed by atoms with Crippen molar-refractivity contribution in [2.24, 2.45) is 15.7 Å². The Morgan fingerprint density at radius 2 is 1.73 bits per heavy atom. The smallest absolute Gasteiger partial charge is 0.254 e. The van der Waals surface area contributed by atoms with E-state index < -0.39 is 0 Å². The Labute approximate surface area is 222 Å². The van der Waals surface area contributed by atoms with E-state index in [0.717, 1.165) is 52.6 Å². The molecule has 8 nitrogen and oxygen atoms in total.